The van der Waals surface area contributed by atoms with E-state index in [2.05, 4.69) is 10.1 Å². The lowest BCUT2D eigenvalue weighted by atomic mass is 10.3. The zero-order valence-corrected chi connectivity index (χ0v) is 12.6. The first-order valence-electron chi connectivity index (χ1n) is 6.66. The fourth-order valence-corrected chi connectivity index (χ4v) is 2.12. The van der Waals surface area contributed by atoms with E-state index in [1.54, 1.807) is 23.9 Å². The molecular weight excluding hydrogens is 300 g/mol. The molecule has 3 aromatic rings. The highest BCUT2D eigenvalue weighted by Gasteiger charge is 2.18. The number of carbonyl (C=O) groups excluding carboxylic acids is 1. The monoisotopic (exact) mass is 312 g/mol. The highest BCUT2D eigenvalue weighted by Crippen LogP contribution is 2.15. The Morgan fingerprint density at radius 1 is 1.09 bits per heavy atom. The van der Waals surface area contributed by atoms with Crippen LogP contribution in [-0.2, 0) is 0 Å². The number of amides is 1. The van der Waals surface area contributed by atoms with E-state index >= 15 is 0 Å². The summed E-state index contributed by atoms with van der Waals surface area (Å²) in [6.45, 7) is 0. The molecule has 0 spiro atoms. The fraction of sp³-hybridized carbons (Fsp3) is 0.0625. The van der Waals surface area contributed by atoms with Crippen molar-refractivity contribution in [1.29, 1.82) is 0 Å². The van der Waals surface area contributed by atoms with Crippen molar-refractivity contribution in [3.8, 4) is 5.69 Å². The maximum Gasteiger partial charge on any atom is 0.297 e. The molecule has 110 valence electrons. The van der Waals surface area contributed by atoms with Crippen molar-refractivity contribution in [2.45, 2.75) is 0 Å². The van der Waals surface area contributed by atoms with Crippen LogP contribution in [0, 0.1) is 0 Å². The number of rotatable bonds is 3. The highest BCUT2D eigenvalue weighted by molar-refractivity contribution is 6.30. The third-order valence-electron chi connectivity index (χ3n) is 3.22. The third-order valence-corrected chi connectivity index (χ3v) is 3.47. The summed E-state index contributed by atoms with van der Waals surface area (Å²) in [5.41, 5.74) is 1.58. The molecule has 3 rings (SSSR count). The smallest absolute Gasteiger partial charge is 0.297 e. The van der Waals surface area contributed by atoms with E-state index in [0.29, 0.717) is 5.02 Å². The number of carbonyl (C=O) groups is 1. The number of aromatic nitrogens is 3. The quantitative estimate of drug-likeness (QED) is 0.746. The molecule has 2 aromatic carbocycles. The molecule has 0 N–H and O–H groups in total. The Kier molecular flexibility index (Phi) is 3.89. The van der Waals surface area contributed by atoms with Gasteiger partial charge in [0.15, 0.2) is 0 Å². The van der Waals surface area contributed by atoms with Crippen molar-refractivity contribution in [2.75, 3.05) is 11.9 Å². The van der Waals surface area contributed by atoms with Gasteiger partial charge < -0.3 is 4.90 Å². The lowest BCUT2D eigenvalue weighted by Gasteiger charge is -2.14. The second-order valence-electron chi connectivity index (χ2n) is 4.69. The molecule has 0 atom stereocenters. The number of halogens is 1. The minimum Gasteiger partial charge on any atom is -0.309 e. The highest BCUT2D eigenvalue weighted by atomic mass is 35.5. The summed E-state index contributed by atoms with van der Waals surface area (Å²) in [6.07, 6.45) is 1.51. The van der Waals surface area contributed by atoms with Crippen LogP contribution in [0.2, 0.25) is 5.02 Å². The summed E-state index contributed by atoms with van der Waals surface area (Å²) in [5, 5.41) is 4.87. The molecule has 0 aliphatic rings. The minimum atomic E-state index is -0.265. The van der Waals surface area contributed by atoms with Crippen LogP contribution in [0.5, 0.6) is 0 Å². The SMILES string of the molecule is CN(C(=O)c1ncn(-c2ccc(Cl)cc2)n1)c1ccccc1. The average Bonchev–Trinajstić information content (AvgIpc) is 3.05. The van der Waals surface area contributed by atoms with Crippen LogP contribution in [0.3, 0.4) is 0 Å². The maximum atomic E-state index is 12.4. The molecular formula is C16H13ClN4O. The van der Waals surface area contributed by atoms with Gasteiger partial charge in [0.05, 0.1) is 5.69 Å². The maximum absolute atomic E-state index is 12.4. The second kappa shape index (κ2) is 5.99. The van der Waals surface area contributed by atoms with Crippen molar-refractivity contribution < 1.29 is 4.79 Å². The zero-order valence-electron chi connectivity index (χ0n) is 11.8. The van der Waals surface area contributed by atoms with Crippen molar-refractivity contribution in [3.05, 3.63) is 71.8 Å². The summed E-state index contributed by atoms with van der Waals surface area (Å²) in [5.74, 6) is -0.125. The molecule has 22 heavy (non-hydrogen) atoms. The Balaban J connectivity index is 1.84. The molecule has 0 fully saturated rings. The van der Waals surface area contributed by atoms with Crippen LogP contribution in [0.25, 0.3) is 5.69 Å². The summed E-state index contributed by atoms with van der Waals surface area (Å²) >= 11 is 5.86. The van der Waals surface area contributed by atoms with Gasteiger partial charge in [-0.05, 0) is 36.4 Å². The zero-order chi connectivity index (χ0) is 15.5. The normalized spacial score (nSPS) is 10.5. The molecule has 0 aliphatic carbocycles. The van der Waals surface area contributed by atoms with Gasteiger partial charge in [-0.3, -0.25) is 4.79 Å². The number of anilines is 1. The predicted molar refractivity (Wildman–Crippen MR) is 85.5 cm³/mol. The first-order chi connectivity index (χ1) is 10.6. The summed E-state index contributed by atoms with van der Waals surface area (Å²) < 4.78 is 1.54. The van der Waals surface area contributed by atoms with Gasteiger partial charge in [-0.1, -0.05) is 29.8 Å². The molecule has 6 heteroatoms. The van der Waals surface area contributed by atoms with Gasteiger partial charge in [0, 0.05) is 17.8 Å². The van der Waals surface area contributed by atoms with Crippen LogP contribution < -0.4 is 4.90 Å². The largest absolute Gasteiger partial charge is 0.309 e. The van der Waals surface area contributed by atoms with Crippen molar-refractivity contribution in [1.82, 2.24) is 14.8 Å². The van der Waals surface area contributed by atoms with E-state index in [-0.39, 0.29) is 11.7 Å². The van der Waals surface area contributed by atoms with Crippen LogP contribution in [0.15, 0.2) is 60.9 Å². The molecule has 0 unspecified atom stereocenters. The number of hydrogen-bond donors (Lipinski definition) is 0. The lowest BCUT2D eigenvalue weighted by molar-refractivity contribution is 0.0983. The molecule has 1 amide bonds. The van der Waals surface area contributed by atoms with Crippen LogP contribution >= 0.6 is 11.6 Å². The third kappa shape index (κ3) is 2.84. The Morgan fingerprint density at radius 3 is 2.45 bits per heavy atom. The molecule has 0 aliphatic heterocycles. The average molecular weight is 313 g/mol. The van der Waals surface area contributed by atoms with Crippen molar-refractivity contribution in [2.24, 2.45) is 0 Å². The van der Waals surface area contributed by atoms with Crippen molar-refractivity contribution in [3.63, 3.8) is 0 Å². The van der Waals surface area contributed by atoms with E-state index in [1.807, 2.05) is 42.5 Å². The number of benzene rings is 2. The van der Waals surface area contributed by atoms with E-state index in [0.717, 1.165) is 11.4 Å². The lowest BCUT2D eigenvalue weighted by Crippen LogP contribution is -2.27. The predicted octanol–water partition coefficient (Wildman–Crippen LogP) is 3.20. The van der Waals surface area contributed by atoms with Gasteiger partial charge in [-0.2, -0.15) is 0 Å². The first kappa shape index (κ1) is 14.3. The summed E-state index contributed by atoms with van der Waals surface area (Å²) in [7, 11) is 1.70. The second-order valence-corrected chi connectivity index (χ2v) is 5.13. The van der Waals surface area contributed by atoms with E-state index < -0.39 is 0 Å². The number of para-hydroxylation sites is 1. The Morgan fingerprint density at radius 2 is 1.77 bits per heavy atom. The topological polar surface area (TPSA) is 51.0 Å². The molecule has 0 bridgehead atoms. The van der Waals surface area contributed by atoms with Gasteiger partial charge in [0.25, 0.3) is 5.91 Å². The van der Waals surface area contributed by atoms with Gasteiger partial charge >= 0.3 is 0 Å². The Labute approximate surface area is 132 Å². The molecule has 1 aromatic heterocycles. The summed E-state index contributed by atoms with van der Waals surface area (Å²) in [6, 6.07) is 16.5. The fourth-order valence-electron chi connectivity index (χ4n) is 2.00. The van der Waals surface area contributed by atoms with Crippen LogP contribution in [0.1, 0.15) is 10.6 Å². The van der Waals surface area contributed by atoms with Crippen LogP contribution in [0.4, 0.5) is 5.69 Å². The molecule has 5 nitrogen and oxygen atoms in total. The molecule has 0 saturated heterocycles. The van der Waals surface area contributed by atoms with E-state index in [9.17, 15) is 4.79 Å². The van der Waals surface area contributed by atoms with Gasteiger partial charge in [0.1, 0.15) is 6.33 Å². The Bertz CT molecular complexity index is 783. The standard InChI is InChI=1S/C16H13ClN4O/c1-20(13-5-3-2-4-6-13)16(22)15-18-11-21(19-15)14-9-7-12(17)8-10-14/h2-11H,1H3. The van der Waals surface area contributed by atoms with E-state index in [4.69, 9.17) is 11.6 Å². The molecule has 0 radical (unpaired) electrons. The van der Waals surface area contributed by atoms with Crippen LogP contribution in [-0.4, -0.2) is 27.7 Å². The molecule has 1 heterocycles. The minimum absolute atomic E-state index is 0.140. The van der Waals surface area contributed by atoms with Gasteiger partial charge in [-0.25, -0.2) is 9.67 Å². The van der Waals surface area contributed by atoms with Gasteiger partial charge in [-0.15, -0.1) is 5.10 Å². The number of hydrogen-bond acceptors (Lipinski definition) is 3. The summed E-state index contributed by atoms with van der Waals surface area (Å²) in [4.78, 5) is 18.0. The Hall–Kier alpha value is -2.66. The van der Waals surface area contributed by atoms with Crippen molar-refractivity contribution >= 4 is 23.2 Å². The van der Waals surface area contributed by atoms with Gasteiger partial charge in [0.2, 0.25) is 5.82 Å². The van der Waals surface area contributed by atoms with E-state index in [1.165, 1.54) is 11.2 Å². The number of nitrogens with zero attached hydrogens (tertiary/aromatic N) is 4. The first-order valence-corrected chi connectivity index (χ1v) is 7.03. The molecule has 0 saturated carbocycles.